The number of hydrogen-bond acceptors (Lipinski definition) is 3. The van der Waals surface area contributed by atoms with Gasteiger partial charge in [-0.1, -0.05) is 13.5 Å². The highest BCUT2D eigenvalue weighted by Gasteiger charge is 2.51. The van der Waals surface area contributed by atoms with E-state index < -0.39 is 5.54 Å². The molecule has 5 nitrogen and oxygen atoms in total. The van der Waals surface area contributed by atoms with Crippen molar-refractivity contribution in [2.45, 2.75) is 57.0 Å². The van der Waals surface area contributed by atoms with Gasteiger partial charge in [0, 0.05) is 12.6 Å². The third-order valence-electron chi connectivity index (χ3n) is 4.97. The molecule has 2 saturated carbocycles. The van der Waals surface area contributed by atoms with Gasteiger partial charge < -0.3 is 10.6 Å². The van der Waals surface area contributed by atoms with Gasteiger partial charge in [-0.3, -0.25) is 9.69 Å². The molecule has 2 aliphatic carbocycles. The fourth-order valence-corrected chi connectivity index (χ4v) is 3.27. The zero-order valence-electron chi connectivity index (χ0n) is 12.8. The fourth-order valence-electron chi connectivity index (χ4n) is 3.27. The van der Waals surface area contributed by atoms with E-state index in [1.54, 1.807) is 0 Å². The summed E-state index contributed by atoms with van der Waals surface area (Å²) in [6.07, 6.45) is 5.98. The molecule has 0 atom stereocenters. The third-order valence-corrected chi connectivity index (χ3v) is 4.97. The lowest BCUT2D eigenvalue weighted by Crippen LogP contribution is -2.49. The Kier molecular flexibility index (Phi) is 3.78. The number of nitrogens with one attached hydrogen (secondary N) is 2. The van der Waals surface area contributed by atoms with E-state index in [4.69, 9.17) is 0 Å². The van der Waals surface area contributed by atoms with Gasteiger partial charge in [-0.05, 0) is 50.0 Å². The minimum Gasteiger partial charge on any atom is -0.323 e. The lowest BCUT2D eigenvalue weighted by molar-refractivity contribution is -0.132. The topological polar surface area (TPSA) is 61.4 Å². The first-order chi connectivity index (χ1) is 10.00. The van der Waals surface area contributed by atoms with Crippen LogP contribution in [0, 0.1) is 5.92 Å². The summed E-state index contributed by atoms with van der Waals surface area (Å²) in [4.78, 5) is 26.2. The van der Waals surface area contributed by atoms with Crippen molar-refractivity contribution < 1.29 is 9.59 Å². The fraction of sp³-hybridized carbons (Fsp3) is 0.750. The quantitative estimate of drug-likeness (QED) is 0.600. The summed E-state index contributed by atoms with van der Waals surface area (Å²) in [7, 11) is 0. The average molecular weight is 291 g/mol. The Morgan fingerprint density at radius 1 is 1.33 bits per heavy atom. The molecular weight excluding hydrogens is 266 g/mol. The maximum atomic E-state index is 12.7. The monoisotopic (exact) mass is 291 g/mol. The number of imide groups is 1. The summed E-state index contributed by atoms with van der Waals surface area (Å²) >= 11 is 0. The van der Waals surface area contributed by atoms with Gasteiger partial charge in [-0.2, -0.15) is 0 Å². The zero-order valence-corrected chi connectivity index (χ0v) is 12.8. The van der Waals surface area contributed by atoms with Crippen molar-refractivity contribution in [1.82, 2.24) is 15.5 Å². The van der Waals surface area contributed by atoms with Gasteiger partial charge in [0.25, 0.3) is 5.91 Å². The molecule has 0 aromatic heterocycles. The van der Waals surface area contributed by atoms with Gasteiger partial charge in [0.05, 0.1) is 6.54 Å². The van der Waals surface area contributed by atoms with Crippen LogP contribution in [-0.2, 0) is 4.79 Å². The molecule has 1 spiro atoms. The number of nitrogens with zero attached hydrogens (tertiary/aromatic N) is 1. The molecule has 3 rings (SSSR count). The molecule has 0 unspecified atom stereocenters. The predicted molar refractivity (Wildman–Crippen MR) is 80.8 cm³/mol. The van der Waals surface area contributed by atoms with E-state index in [0.717, 1.165) is 31.3 Å². The van der Waals surface area contributed by atoms with E-state index in [2.05, 4.69) is 24.1 Å². The molecule has 3 fully saturated rings. The van der Waals surface area contributed by atoms with Crippen molar-refractivity contribution >= 4 is 11.9 Å². The second-order valence-corrected chi connectivity index (χ2v) is 6.99. The molecule has 0 aromatic carbocycles. The first-order valence-electron chi connectivity index (χ1n) is 8.04. The first-order valence-corrected chi connectivity index (χ1v) is 8.04. The number of rotatable bonds is 5. The Morgan fingerprint density at radius 2 is 2.00 bits per heavy atom. The average Bonchev–Trinajstić information content (AvgIpc) is 3.25. The van der Waals surface area contributed by atoms with E-state index in [-0.39, 0.29) is 11.9 Å². The lowest BCUT2D eigenvalue weighted by Gasteiger charge is -2.33. The molecule has 3 aliphatic rings. The summed E-state index contributed by atoms with van der Waals surface area (Å²) in [5.74, 6) is 0.596. The molecule has 0 aromatic rings. The van der Waals surface area contributed by atoms with Crippen LogP contribution in [0.4, 0.5) is 4.79 Å². The predicted octanol–water partition coefficient (Wildman–Crippen LogP) is 1.80. The summed E-state index contributed by atoms with van der Waals surface area (Å²) in [5, 5.41) is 6.32. The smallest absolute Gasteiger partial charge is 0.323 e. The Hall–Kier alpha value is -1.36. The van der Waals surface area contributed by atoms with Crippen molar-refractivity contribution in [3.05, 3.63) is 12.2 Å². The number of urea groups is 1. The summed E-state index contributed by atoms with van der Waals surface area (Å²) < 4.78 is 0. The van der Waals surface area contributed by atoms with Gasteiger partial charge in [0.2, 0.25) is 0 Å². The van der Waals surface area contributed by atoms with Crippen molar-refractivity contribution in [3.8, 4) is 0 Å². The standard InChI is InChI=1S/C16H25N3O2/c1-11-5-7-16(8-6-11)14(20)19(15(21)18-16)10-12(2)9-17-13-3-4-13/h11,13,17H,2-10H2,1H3,(H,18,21). The van der Waals surface area contributed by atoms with Crippen molar-refractivity contribution in [3.63, 3.8) is 0 Å². The Bertz CT molecular complexity index is 462. The van der Waals surface area contributed by atoms with Crippen molar-refractivity contribution in [1.29, 1.82) is 0 Å². The van der Waals surface area contributed by atoms with Crippen LogP contribution in [0.15, 0.2) is 12.2 Å². The largest absolute Gasteiger partial charge is 0.325 e. The molecule has 1 saturated heterocycles. The molecule has 1 aliphatic heterocycles. The van der Waals surface area contributed by atoms with Crippen LogP contribution in [0.25, 0.3) is 0 Å². The lowest BCUT2D eigenvalue weighted by atomic mass is 9.77. The number of carbonyl (C=O) groups is 2. The number of amides is 3. The zero-order chi connectivity index (χ0) is 15.0. The van der Waals surface area contributed by atoms with E-state index in [1.807, 2.05) is 0 Å². The molecule has 116 valence electrons. The molecule has 1 heterocycles. The molecule has 0 radical (unpaired) electrons. The molecule has 2 N–H and O–H groups in total. The van der Waals surface area contributed by atoms with Crippen LogP contribution in [0.2, 0.25) is 0 Å². The second kappa shape index (κ2) is 5.44. The van der Waals surface area contributed by atoms with Crippen LogP contribution >= 0.6 is 0 Å². The summed E-state index contributed by atoms with van der Waals surface area (Å²) in [6.45, 7) is 7.22. The van der Waals surface area contributed by atoms with Crippen LogP contribution in [0.3, 0.4) is 0 Å². The minimum absolute atomic E-state index is 0.0491. The van der Waals surface area contributed by atoms with E-state index >= 15 is 0 Å². The highest BCUT2D eigenvalue weighted by Crippen LogP contribution is 2.36. The molecular formula is C16H25N3O2. The normalized spacial score (nSPS) is 32.6. The Balaban J connectivity index is 1.59. The number of carbonyl (C=O) groups excluding carboxylic acids is 2. The maximum Gasteiger partial charge on any atom is 0.325 e. The van der Waals surface area contributed by atoms with Crippen LogP contribution in [-0.4, -0.2) is 41.5 Å². The van der Waals surface area contributed by atoms with Crippen LogP contribution in [0.1, 0.15) is 45.4 Å². The SMILES string of the molecule is C=C(CNC1CC1)CN1C(=O)NC2(CCC(C)CC2)C1=O. The third kappa shape index (κ3) is 2.98. The summed E-state index contributed by atoms with van der Waals surface area (Å²) in [6, 6.07) is 0.359. The van der Waals surface area contributed by atoms with Crippen molar-refractivity contribution in [2.75, 3.05) is 13.1 Å². The van der Waals surface area contributed by atoms with Crippen LogP contribution in [0.5, 0.6) is 0 Å². The molecule has 5 heteroatoms. The first kappa shape index (κ1) is 14.6. The highest BCUT2D eigenvalue weighted by molar-refractivity contribution is 6.07. The molecule has 3 amide bonds. The summed E-state index contributed by atoms with van der Waals surface area (Å²) in [5.41, 5.74) is 0.264. The Labute approximate surface area is 126 Å². The molecule has 0 bridgehead atoms. The van der Waals surface area contributed by atoms with Gasteiger partial charge in [0.1, 0.15) is 5.54 Å². The number of hydrogen-bond donors (Lipinski definition) is 2. The highest BCUT2D eigenvalue weighted by atomic mass is 16.2. The van der Waals surface area contributed by atoms with Gasteiger partial charge in [0.15, 0.2) is 0 Å². The second-order valence-electron chi connectivity index (χ2n) is 6.99. The van der Waals surface area contributed by atoms with E-state index in [1.165, 1.54) is 17.7 Å². The van der Waals surface area contributed by atoms with Crippen LogP contribution < -0.4 is 10.6 Å². The molecule has 21 heavy (non-hydrogen) atoms. The van der Waals surface area contributed by atoms with E-state index in [9.17, 15) is 9.59 Å². The van der Waals surface area contributed by atoms with Crippen molar-refractivity contribution in [2.24, 2.45) is 5.92 Å². The van der Waals surface area contributed by atoms with Gasteiger partial charge >= 0.3 is 6.03 Å². The maximum absolute atomic E-state index is 12.7. The van der Waals surface area contributed by atoms with Gasteiger partial charge in [-0.25, -0.2) is 4.79 Å². The minimum atomic E-state index is -0.631. The Morgan fingerprint density at radius 3 is 2.62 bits per heavy atom. The van der Waals surface area contributed by atoms with E-state index in [0.29, 0.717) is 25.0 Å². The van der Waals surface area contributed by atoms with Gasteiger partial charge in [-0.15, -0.1) is 0 Å².